The van der Waals surface area contributed by atoms with Gasteiger partial charge in [0.15, 0.2) is 0 Å². The van der Waals surface area contributed by atoms with E-state index in [1.54, 1.807) is 25.0 Å². The second kappa shape index (κ2) is 7.99. The minimum Gasteiger partial charge on any atom is -0.497 e. The summed E-state index contributed by atoms with van der Waals surface area (Å²) in [7, 11) is 3.23. The highest BCUT2D eigenvalue weighted by atomic mass is 19.1. The summed E-state index contributed by atoms with van der Waals surface area (Å²) in [6, 6.07) is 10.7. The Kier molecular flexibility index (Phi) is 5.49. The molecule has 0 fully saturated rings. The van der Waals surface area contributed by atoms with Crippen LogP contribution >= 0.6 is 0 Å². The van der Waals surface area contributed by atoms with E-state index >= 15 is 0 Å². The van der Waals surface area contributed by atoms with Crippen LogP contribution in [0.4, 0.5) is 8.78 Å². The van der Waals surface area contributed by atoms with Gasteiger partial charge >= 0.3 is 0 Å². The predicted molar refractivity (Wildman–Crippen MR) is 96.7 cm³/mol. The van der Waals surface area contributed by atoms with Crippen LogP contribution in [0.25, 0.3) is 5.69 Å². The van der Waals surface area contributed by atoms with Gasteiger partial charge in [0, 0.05) is 37.5 Å². The minimum absolute atomic E-state index is 0.132. The maximum Gasteiger partial charge on any atom is 0.227 e. The fourth-order valence-electron chi connectivity index (χ4n) is 2.66. The second-order valence-electron chi connectivity index (χ2n) is 6.16. The number of nitrogens with zero attached hydrogens (tertiary/aromatic N) is 3. The van der Waals surface area contributed by atoms with Gasteiger partial charge in [-0.25, -0.2) is 13.5 Å². The number of methoxy groups -OCH3 is 1. The van der Waals surface area contributed by atoms with Crippen LogP contribution in [0, 0.1) is 11.6 Å². The van der Waals surface area contributed by atoms with Crippen molar-refractivity contribution >= 4 is 5.91 Å². The number of aromatic nitrogens is 2. The molecule has 0 saturated heterocycles. The first kappa shape index (κ1) is 18.6. The van der Waals surface area contributed by atoms with Crippen LogP contribution in [0.2, 0.25) is 0 Å². The Morgan fingerprint density at radius 1 is 1.22 bits per heavy atom. The van der Waals surface area contributed by atoms with Gasteiger partial charge in [0.05, 0.1) is 25.4 Å². The topological polar surface area (TPSA) is 47.4 Å². The lowest BCUT2D eigenvalue weighted by Gasteiger charge is -2.16. The van der Waals surface area contributed by atoms with Gasteiger partial charge in [-0.2, -0.15) is 5.10 Å². The van der Waals surface area contributed by atoms with Crippen molar-refractivity contribution < 1.29 is 18.3 Å². The number of likely N-dealkylation sites (N-methyl/N-ethyl adjacent to an activating group) is 1. The molecule has 7 heteroatoms. The molecule has 1 heterocycles. The van der Waals surface area contributed by atoms with E-state index in [1.807, 2.05) is 30.5 Å². The van der Waals surface area contributed by atoms with E-state index in [2.05, 4.69) is 5.10 Å². The molecular formula is C20H19F2N3O2. The molecule has 0 unspecified atom stereocenters. The molecular weight excluding hydrogens is 352 g/mol. The minimum atomic E-state index is -0.720. The fourth-order valence-corrected chi connectivity index (χ4v) is 2.66. The molecule has 0 aliphatic rings. The van der Waals surface area contributed by atoms with Gasteiger partial charge in [0.2, 0.25) is 5.91 Å². The number of rotatable bonds is 6. The quantitative estimate of drug-likeness (QED) is 0.668. The molecule has 0 atom stereocenters. The molecule has 140 valence electrons. The summed E-state index contributed by atoms with van der Waals surface area (Å²) in [4.78, 5) is 13.8. The highest BCUT2D eigenvalue weighted by Gasteiger charge is 2.14. The van der Waals surface area contributed by atoms with Crippen molar-refractivity contribution in [1.82, 2.24) is 14.7 Å². The molecule has 3 rings (SSSR count). The molecule has 2 aromatic carbocycles. The standard InChI is InChI=1S/C20H19F2N3O2/c1-24(20(26)8-15-6-7-16(21)9-19(15)22)12-14-11-23-25(13-14)17-4-3-5-18(10-17)27-2/h3-7,9-11,13H,8,12H2,1-2H3. The van der Waals surface area contributed by atoms with E-state index < -0.39 is 11.6 Å². The molecule has 1 amide bonds. The number of hydrogen-bond acceptors (Lipinski definition) is 3. The summed E-state index contributed by atoms with van der Waals surface area (Å²) in [6.07, 6.45) is 3.35. The number of halogens is 2. The Labute approximate surface area is 155 Å². The Bertz CT molecular complexity index is 956. The van der Waals surface area contributed by atoms with Gasteiger partial charge in [-0.05, 0) is 23.8 Å². The molecule has 3 aromatic rings. The first-order valence-electron chi connectivity index (χ1n) is 8.32. The van der Waals surface area contributed by atoms with Crippen LogP contribution in [0.15, 0.2) is 54.9 Å². The lowest BCUT2D eigenvalue weighted by molar-refractivity contribution is -0.129. The third-order valence-electron chi connectivity index (χ3n) is 4.16. The zero-order chi connectivity index (χ0) is 19.4. The number of amides is 1. The van der Waals surface area contributed by atoms with Gasteiger partial charge in [0.1, 0.15) is 17.4 Å². The normalized spacial score (nSPS) is 10.7. The number of carbonyl (C=O) groups is 1. The molecule has 0 saturated carbocycles. The first-order valence-corrected chi connectivity index (χ1v) is 8.32. The third-order valence-corrected chi connectivity index (χ3v) is 4.16. The molecule has 0 aliphatic carbocycles. The van der Waals surface area contributed by atoms with E-state index in [-0.39, 0.29) is 17.9 Å². The van der Waals surface area contributed by atoms with Gasteiger partial charge < -0.3 is 9.64 Å². The van der Waals surface area contributed by atoms with Crippen molar-refractivity contribution in [2.75, 3.05) is 14.2 Å². The maximum atomic E-state index is 13.7. The maximum absolute atomic E-state index is 13.7. The van der Waals surface area contributed by atoms with Crippen molar-refractivity contribution in [3.8, 4) is 11.4 Å². The highest BCUT2D eigenvalue weighted by molar-refractivity contribution is 5.78. The zero-order valence-corrected chi connectivity index (χ0v) is 15.0. The van der Waals surface area contributed by atoms with Crippen molar-refractivity contribution in [3.63, 3.8) is 0 Å². The molecule has 0 bridgehead atoms. The number of ether oxygens (including phenoxy) is 1. The summed E-state index contributed by atoms with van der Waals surface area (Å²) >= 11 is 0. The van der Waals surface area contributed by atoms with Crippen LogP contribution in [0.1, 0.15) is 11.1 Å². The van der Waals surface area contributed by atoms with Crippen molar-refractivity contribution in [2.45, 2.75) is 13.0 Å². The lowest BCUT2D eigenvalue weighted by Crippen LogP contribution is -2.27. The lowest BCUT2D eigenvalue weighted by atomic mass is 10.1. The largest absolute Gasteiger partial charge is 0.497 e. The van der Waals surface area contributed by atoms with Crippen LogP contribution in [-0.4, -0.2) is 34.7 Å². The van der Waals surface area contributed by atoms with Crippen LogP contribution in [0.3, 0.4) is 0 Å². The molecule has 1 aromatic heterocycles. The SMILES string of the molecule is COc1cccc(-n2cc(CN(C)C(=O)Cc3ccc(F)cc3F)cn2)c1. The molecule has 27 heavy (non-hydrogen) atoms. The van der Waals surface area contributed by atoms with E-state index in [0.29, 0.717) is 6.54 Å². The Morgan fingerprint density at radius 3 is 2.78 bits per heavy atom. The number of benzene rings is 2. The van der Waals surface area contributed by atoms with Crippen LogP contribution < -0.4 is 4.74 Å². The van der Waals surface area contributed by atoms with E-state index in [9.17, 15) is 13.6 Å². The van der Waals surface area contributed by atoms with Crippen molar-refractivity contribution in [1.29, 1.82) is 0 Å². The van der Waals surface area contributed by atoms with Crippen LogP contribution in [-0.2, 0) is 17.8 Å². The Balaban J connectivity index is 1.66. The van der Waals surface area contributed by atoms with Gasteiger partial charge in [-0.15, -0.1) is 0 Å². The summed E-state index contributed by atoms with van der Waals surface area (Å²) < 4.78 is 33.6. The van der Waals surface area contributed by atoms with E-state index in [1.165, 1.54) is 11.0 Å². The zero-order valence-electron chi connectivity index (χ0n) is 15.0. The van der Waals surface area contributed by atoms with Gasteiger partial charge in [-0.1, -0.05) is 12.1 Å². The fraction of sp³-hybridized carbons (Fsp3) is 0.200. The molecule has 0 radical (unpaired) electrons. The Hall–Kier alpha value is -3.22. The Morgan fingerprint density at radius 2 is 2.04 bits per heavy atom. The molecule has 5 nitrogen and oxygen atoms in total. The summed E-state index contributed by atoms with van der Waals surface area (Å²) in [6.45, 7) is 0.325. The molecule has 0 N–H and O–H groups in total. The monoisotopic (exact) mass is 371 g/mol. The van der Waals surface area contributed by atoms with Crippen molar-refractivity contribution in [2.24, 2.45) is 0 Å². The number of hydrogen-bond donors (Lipinski definition) is 0. The second-order valence-corrected chi connectivity index (χ2v) is 6.16. The summed E-state index contributed by atoms with van der Waals surface area (Å²) in [5.41, 5.74) is 1.83. The first-order chi connectivity index (χ1) is 13.0. The third kappa shape index (κ3) is 4.49. The van der Waals surface area contributed by atoms with E-state index in [4.69, 9.17) is 4.74 Å². The van der Waals surface area contributed by atoms with Crippen molar-refractivity contribution in [3.05, 3.63) is 77.6 Å². The average Bonchev–Trinajstić information content (AvgIpc) is 3.12. The smallest absolute Gasteiger partial charge is 0.227 e. The highest BCUT2D eigenvalue weighted by Crippen LogP contribution is 2.17. The number of carbonyl (C=O) groups excluding carboxylic acids is 1. The summed E-state index contributed by atoms with van der Waals surface area (Å²) in [5.74, 6) is -0.933. The summed E-state index contributed by atoms with van der Waals surface area (Å²) in [5, 5.41) is 4.30. The van der Waals surface area contributed by atoms with Crippen LogP contribution in [0.5, 0.6) is 5.75 Å². The van der Waals surface area contributed by atoms with Gasteiger partial charge in [-0.3, -0.25) is 4.79 Å². The average molecular weight is 371 g/mol. The van der Waals surface area contributed by atoms with Gasteiger partial charge in [0.25, 0.3) is 0 Å². The molecule has 0 aliphatic heterocycles. The molecule has 0 spiro atoms. The van der Waals surface area contributed by atoms with E-state index in [0.717, 1.165) is 29.1 Å². The predicted octanol–water partition coefficient (Wildman–Crippen LogP) is 3.36.